The van der Waals surface area contributed by atoms with E-state index in [0.29, 0.717) is 13.0 Å². The first-order chi connectivity index (χ1) is 6.63. The lowest BCUT2D eigenvalue weighted by Gasteiger charge is -2.08. The number of rotatable bonds is 3. The molecule has 0 spiro atoms. The third kappa shape index (κ3) is 4.32. The Morgan fingerprint density at radius 2 is 2.07 bits per heavy atom. The summed E-state index contributed by atoms with van der Waals surface area (Å²) in [4.78, 5) is 11.3. The van der Waals surface area contributed by atoms with E-state index in [9.17, 15) is 4.79 Å². The third-order valence-corrected chi connectivity index (χ3v) is 2.03. The van der Waals surface area contributed by atoms with Gasteiger partial charge in [-0.05, 0) is 25.5 Å². The molecule has 1 amide bonds. The van der Waals surface area contributed by atoms with Crippen molar-refractivity contribution in [3.63, 3.8) is 0 Å². The Kier molecular flexibility index (Phi) is 5.97. The van der Waals surface area contributed by atoms with Crippen LogP contribution >= 0.6 is 12.4 Å². The summed E-state index contributed by atoms with van der Waals surface area (Å²) in [5.41, 5.74) is 8.43. The van der Waals surface area contributed by atoms with Crippen LogP contribution in [-0.4, -0.2) is 12.5 Å². The molecule has 3 nitrogen and oxygen atoms in total. The molecule has 0 unspecified atom stereocenters. The van der Waals surface area contributed by atoms with Crippen molar-refractivity contribution in [3.05, 3.63) is 29.3 Å². The van der Waals surface area contributed by atoms with E-state index in [0.717, 1.165) is 11.3 Å². The van der Waals surface area contributed by atoms with Gasteiger partial charge in [0.15, 0.2) is 0 Å². The van der Waals surface area contributed by atoms with Crippen molar-refractivity contribution >= 4 is 24.0 Å². The zero-order valence-electron chi connectivity index (χ0n) is 9.04. The Morgan fingerprint density at radius 1 is 1.40 bits per heavy atom. The van der Waals surface area contributed by atoms with E-state index >= 15 is 0 Å². The lowest BCUT2D eigenvalue weighted by Crippen LogP contribution is -2.16. The number of carbonyl (C=O) groups is 1. The Labute approximate surface area is 96.5 Å². The summed E-state index contributed by atoms with van der Waals surface area (Å²) in [7, 11) is 0. The summed E-state index contributed by atoms with van der Waals surface area (Å²) >= 11 is 0. The SMILES string of the molecule is Cc1ccc(NC(=O)CCN)c(C)c1.Cl. The van der Waals surface area contributed by atoms with Gasteiger partial charge in [0.25, 0.3) is 0 Å². The number of hydrogen-bond donors (Lipinski definition) is 2. The third-order valence-electron chi connectivity index (χ3n) is 2.03. The van der Waals surface area contributed by atoms with Crippen LogP contribution in [0.4, 0.5) is 5.69 Å². The van der Waals surface area contributed by atoms with Crippen LogP contribution in [0.5, 0.6) is 0 Å². The molecule has 1 aromatic rings. The Morgan fingerprint density at radius 3 is 2.60 bits per heavy atom. The fourth-order valence-corrected chi connectivity index (χ4v) is 1.30. The summed E-state index contributed by atoms with van der Waals surface area (Å²) in [6.45, 7) is 4.39. The number of amides is 1. The van der Waals surface area contributed by atoms with Gasteiger partial charge in [-0.1, -0.05) is 17.7 Å². The maximum Gasteiger partial charge on any atom is 0.225 e. The summed E-state index contributed by atoms with van der Waals surface area (Å²) < 4.78 is 0. The standard InChI is InChI=1S/C11H16N2O.ClH/c1-8-3-4-10(9(2)7-8)13-11(14)5-6-12;/h3-4,7H,5-6,12H2,1-2H3,(H,13,14);1H. The molecule has 1 aromatic carbocycles. The highest BCUT2D eigenvalue weighted by Crippen LogP contribution is 2.15. The average molecular weight is 229 g/mol. The lowest BCUT2D eigenvalue weighted by atomic mass is 10.1. The number of halogens is 1. The quantitative estimate of drug-likeness (QED) is 0.832. The number of nitrogens with two attached hydrogens (primary N) is 1. The fraction of sp³-hybridized carbons (Fsp3) is 0.364. The highest BCUT2D eigenvalue weighted by molar-refractivity contribution is 5.91. The van der Waals surface area contributed by atoms with Crippen LogP contribution < -0.4 is 11.1 Å². The molecule has 0 aliphatic heterocycles. The molecule has 0 fully saturated rings. The first kappa shape index (κ1) is 13.9. The molecule has 0 saturated heterocycles. The molecule has 0 bridgehead atoms. The largest absolute Gasteiger partial charge is 0.330 e. The molecule has 15 heavy (non-hydrogen) atoms. The van der Waals surface area contributed by atoms with Gasteiger partial charge in [-0.3, -0.25) is 4.79 Å². The summed E-state index contributed by atoms with van der Waals surface area (Å²) in [6.07, 6.45) is 0.368. The maximum absolute atomic E-state index is 11.3. The van der Waals surface area contributed by atoms with E-state index in [-0.39, 0.29) is 18.3 Å². The number of hydrogen-bond acceptors (Lipinski definition) is 2. The average Bonchev–Trinajstić information content (AvgIpc) is 2.10. The van der Waals surface area contributed by atoms with Crippen molar-refractivity contribution in [1.29, 1.82) is 0 Å². The van der Waals surface area contributed by atoms with Crippen LogP contribution in [-0.2, 0) is 4.79 Å². The van der Waals surface area contributed by atoms with Crippen LogP contribution in [0.15, 0.2) is 18.2 Å². The monoisotopic (exact) mass is 228 g/mol. The van der Waals surface area contributed by atoms with Gasteiger partial charge in [0.2, 0.25) is 5.91 Å². The second-order valence-corrected chi connectivity index (χ2v) is 3.41. The minimum atomic E-state index is -0.0283. The van der Waals surface area contributed by atoms with Crippen molar-refractivity contribution in [2.24, 2.45) is 5.73 Å². The van der Waals surface area contributed by atoms with Crippen LogP contribution in [0.2, 0.25) is 0 Å². The van der Waals surface area contributed by atoms with E-state index in [4.69, 9.17) is 5.73 Å². The molecule has 0 aliphatic carbocycles. The maximum atomic E-state index is 11.3. The van der Waals surface area contributed by atoms with Crippen LogP contribution in [0, 0.1) is 13.8 Å². The first-order valence-corrected chi connectivity index (χ1v) is 4.70. The van der Waals surface area contributed by atoms with Gasteiger partial charge in [0.1, 0.15) is 0 Å². The van der Waals surface area contributed by atoms with Gasteiger partial charge < -0.3 is 11.1 Å². The normalized spacial score (nSPS) is 9.27. The molecule has 3 N–H and O–H groups in total. The molecule has 0 aliphatic rings. The van der Waals surface area contributed by atoms with Crippen LogP contribution in [0.25, 0.3) is 0 Å². The minimum absolute atomic E-state index is 0. The smallest absolute Gasteiger partial charge is 0.225 e. The predicted octanol–water partition coefficient (Wildman–Crippen LogP) is 2.01. The number of benzene rings is 1. The van der Waals surface area contributed by atoms with Gasteiger partial charge >= 0.3 is 0 Å². The highest BCUT2D eigenvalue weighted by Gasteiger charge is 2.02. The predicted molar refractivity (Wildman–Crippen MR) is 65.5 cm³/mol. The topological polar surface area (TPSA) is 55.1 Å². The molecular weight excluding hydrogens is 212 g/mol. The van der Waals surface area contributed by atoms with Gasteiger partial charge in [-0.15, -0.1) is 12.4 Å². The van der Waals surface area contributed by atoms with E-state index in [1.165, 1.54) is 5.56 Å². The molecule has 0 saturated carbocycles. The van der Waals surface area contributed by atoms with Crippen molar-refractivity contribution in [2.75, 3.05) is 11.9 Å². The number of nitrogens with one attached hydrogen (secondary N) is 1. The lowest BCUT2D eigenvalue weighted by molar-refractivity contribution is -0.116. The molecular formula is C11H17ClN2O. The van der Waals surface area contributed by atoms with E-state index in [1.54, 1.807) is 0 Å². The molecule has 0 aromatic heterocycles. The molecule has 4 heteroatoms. The fourth-order valence-electron chi connectivity index (χ4n) is 1.30. The van der Waals surface area contributed by atoms with Crippen molar-refractivity contribution in [1.82, 2.24) is 0 Å². The zero-order chi connectivity index (χ0) is 10.6. The summed E-state index contributed by atoms with van der Waals surface area (Å²) in [5.74, 6) is -0.0283. The number of aryl methyl sites for hydroxylation is 2. The Bertz CT molecular complexity index is 339. The van der Waals surface area contributed by atoms with Gasteiger partial charge in [-0.2, -0.15) is 0 Å². The molecule has 0 heterocycles. The molecule has 84 valence electrons. The van der Waals surface area contributed by atoms with Crippen molar-refractivity contribution in [3.8, 4) is 0 Å². The van der Waals surface area contributed by atoms with Crippen LogP contribution in [0.3, 0.4) is 0 Å². The number of anilines is 1. The van der Waals surface area contributed by atoms with Crippen molar-refractivity contribution in [2.45, 2.75) is 20.3 Å². The first-order valence-electron chi connectivity index (χ1n) is 4.70. The Hall–Kier alpha value is -1.06. The summed E-state index contributed by atoms with van der Waals surface area (Å²) in [6, 6.07) is 5.93. The Balaban J connectivity index is 0.00000196. The molecule has 1 rings (SSSR count). The summed E-state index contributed by atoms with van der Waals surface area (Å²) in [5, 5.41) is 2.82. The zero-order valence-corrected chi connectivity index (χ0v) is 9.86. The van der Waals surface area contributed by atoms with Crippen LogP contribution in [0.1, 0.15) is 17.5 Å². The minimum Gasteiger partial charge on any atom is -0.330 e. The highest BCUT2D eigenvalue weighted by atomic mass is 35.5. The second kappa shape index (κ2) is 6.43. The van der Waals surface area contributed by atoms with E-state index in [2.05, 4.69) is 5.32 Å². The molecule has 0 atom stereocenters. The van der Waals surface area contributed by atoms with Gasteiger partial charge in [-0.25, -0.2) is 0 Å². The second-order valence-electron chi connectivity index (χ2n) is 3.41. The van der Waals surface area contributed by atoms with Gasteiger partial charge in [0.05, 0.1) is 0 Å². The number of carbonyl (C=O) groups excluding carboxylic acids is 1. The van der Waals surface area contributed by atoms with Gasteiger partial charge in [0, 0.05) is 18.7 Å². The van der Waals surface area contributed by atoms with Crippen molar-refractivity contribution < 1.29 is 4.79 Å². The van der Waals surface area contributed by atoms with E-state index < -0.39 is 0 Å². The molecule has 0 radical (unpaired) electrons. The van der Waals surface area contributed by atoms with E-state index in [1.807, 2.05) is 32.0 Å².